The zero-order valence-electron chi connectivity index (χ0n) is 11.8. The molecule has 1 heteroatoms. The monoisotopic (exact) mass is 261 g/mol. The predicted molar refractivity (Wildman–Crippen MR) is 88.6 cm³/mol. The van der Waals surface area contributed by atoms with E-state index in [0.717, 1.165) is 19.4 Å². The summed E-state index contributed by atoms with van der Waals surface area (Å²) in [5.74, 6) is 0. The number of unbranched alkanes of at least 4 members (excludes halogenated alkanes) is 1. The third-order valence-electron chi connectivity index (χ3n) is 3.68. The molecule has 0 aromatic heterocycles. The fourth-order valence-electron chi connectivity index (χ4n) is 2.65. The van der Waals surface area contributed by atoms with Gasteiger partial charge in [0.15, 0.2) is 0 Å². The van der Waals surface area contributed by atoms with Gasteiger partial charge in [0, 0.05) is 0 Å². The third-order valence-corrected chi connectivity index (χ3v) is 3.68. The molecule has 0 aliphatic carbocycles. The lowest BCUT2D eigenvalue weighted by Crippen LogP contribution is -1.89. The van der Waals surface area contributed by atoms with Crippen molar-refractivity contribution in [2.45, 2.75) is 26.3 Å². The quantitative estimate of drug-likeness (QED) is 0.442. The lowest BCUT2D eigenvalue weighted by Gasteiger charge is -2.09. The molecule has 3 rings (SSSR count). The topological polar surface area (TPSA) is 12.4 Å². The Morgan fingerprint density at radius 2 is 1.50 bits per heavy atom. The molecule has 0 N–H and O–H groups in total. The fourth-order valence-corrected chi connectivity index (χ4v) is 2.65. The van der Waals surface area contributed by atoms with E-state index < -0.39 is 0 Å². The van der Waals surface area contributed by atoms with Crippen LogP contribution in [0.5, 0.6) is 0 Å². The van der Waals surface area contributed by atoms with Crippen LogP contribution in [0.25, 0.3) is 21.5 Å². The maximum absolute atomic E-state index is 4.61. The highest BCUT2D eigenvalue weighted by atomic mass is 14.7. The minimum Gasteiger partial charge on any atom is -0.293 e. The number of fused-ring (bicyclic) bond motifs is 2. The van der Waals surface area contributed by atoms with E-state index in [-0.39, 0.29) is 0 Å². The fraction of sp³-hybridized carbons (Fsp3) is 0.211. The largest absolute Gasteiger partial charge is 0.293 e. The van der Waals surface area contributed by atoms with Gasteiger partial charge in [0.2, 0.25) is 0 Å². The molecule has 3 aromatic rings. The van der Waals surface area contributed by atoms with Crippen LogP contribution >= 0.6 is 0 Å². The van der Waals surface area contributed by atoms with E-state index in [9.17, 15) is 0 Å². The van der Waals surface area contributed by atoms with Crippen LogP contribution in [-0.4, -0.2) is 6.21 Å². The SMILES string of the molecule is CCCC=NCc1c2ccccc2cc2ccccc12. The van der Waals surface area contributed by atoms with Crippen LogP contribution in [0, 0.1) is 0 Å². The smallest absolute Gasteiger partial charge is 0.0647 e. The zero-order chi connectivity index (χ0) is 13.8. The summed E-state index contributed by atoms with van der Waals surface area (Å²) in [4.78, 5) is 4.61. The van der Waals surface area contributed by atoms with Crippen molar-refractivity contribution in [3.63, 3.8) is 0 Å². The molecule has 0 radical (unpaired) electrons. The van der Waals surface area contributed by atoms with Crippen LogP contribution in [-0.2, 0) is 6.54 Å². The average molecular weight is 261 g/mol. The van der Waals surface area contributed by atoms with Crippen molar-refractivity contribution in [2.24, 2.45) is 4.99 Å². The summed E-state index contributed by atoms with van der Waals surface area (Å²) in [5, 5.41) is 5.23. The van der Waals surface area contributed by atoms with Gasteiger partial charge in [-0.05, 0) is 45.8 Å². The van der Waals surface area contributed by atoms with Crippen LogP contribution in [0.15, 0.2) is 59.6 Å². The minimum atomic E-state index is 0.766. The Kier molecular flexibility index (Phi) is 3.78. The summed E-state index contributed by atoms with van der Waals surface area (Å²) in [6.07, 6.45) is 4.26. The number of nitrogens with zero attached hydrogens (tertiary/aromatic N) is 1. The first-order chi connectivity index (χ1) is 9.90. The van der Waals surface area contributed by atoms with Crippen LogP contribution in [0.2, 0.25) is 0 Å². The van der Waals surface area contributed by atoms with Crippen LogP contribution in [0.3, 0.4) is 0 Å². The van der Waals surface area contributed by atoms with E-state index in [4.69, 9.17) is 0 Å². The van der Waals surface area contributed by atoms with E-state index in [1.54, 1.807) is 0 Å². The molecule has 100 valence electrons. The molecule has 0 bridgehead atoms. The van der Waals surface area contributed by atoms with Gasteiger partial charge in [0.25, 0.3) is 0 Å². The normalized spacial score (nSPS) is 11.7. The van der Waals surface area contributed by atoms with Crippen LogP contribution in [0.4, 0.5) is 0 Å². The van der Waals surface area contributed by atoms with Gasteiger partial charge in [0.1, 0.15) is 0 Å². The van der Waals surface area contributed by atoms with Gasteiger partial charge in [-0.2, -0.15) is 0 Å². The van der Waals surface area contributed by atoms with E-state index >= 15 is 0 Å². The summed E-state index contributed by atoms with van der Waals surface area (Å²) in [6, 6.07) is 19.4. The zero-order valence-corrected chi connectivity index (χ0v) is 11.8. The van der Waals surface area contributed by atoms with Crippen molar-refractivity contribution in [2.75, 3.05) is 0 Å². The summed E-state index contributed by atoms with van der Waals surface area (Å²) >= 11 is 0. The van der Waals surface area contributed by atoms with Crippen molar-refractivity contribution in [3.05, 3.63) is 60.2 Å². The number of rotatable bonds is 4. The van der Waals surface area contributed by atoms with E-state index in [1.807, 2.05) is 0 Å². The van der Waals surface area contributed by atoms with Gasteiger partial charge in [-0.1, -0.05) is 61.9 Å². The van der Waals surface area contributed by atoms with Crippen molar-refractivity contribution in [1.29, 1.82) is 0 Å². The molecule has 20 heavy (non-hydrogen) atoms. The third kappa shape index (κ3) is 2.44. The standard InChI is InChI=1S/C19H19N/c1-2-3-12-20-14-19-17-10-6-4-8-15(17)13-16-9-5-7-11-18(16)19/h4-13H,2-3,14H2,1H3. The molecule has 0 saturated carbocycles. The van der Waals surface area contributed by atoms with E-state index in [0.29, 0.717) is 0 Å². The first kappa shape index (κ1) is 12.9. The van der Waals surface area contributed by atoms with E-state index in [2.05, 4.69) is 72.7 Å². The van der Waals surface area contributed by atoms with Gasteiger partial charge < -0.3 is 0 Å². The van der Waals surface area contributed by atoms with E-state index in [1.165, 1.54) is 27.1 Å². The molecule has 0 aliphatic rings. The Morgan fingerprint density at radius 1 is 0.900 bits per heavy atom. The molecule has 0 fully saturated rings. The molecule has 0 spiro atoms. The second kappa shape index (κ2) is 5.87. The van der Waals surface area contributed by atoms with Gasteiger partial charge in [-0.3, -0.25) is 4.99 Å². The first-order valence-electron chi connectivity index (χ1n) is 7.28. The van der Waals surface area contributed by atoms with Crippen LogP contribution in [0.1, 0.15) is 25.3 Å². The van der Waals surface area contributed by atoms with Crippen molar-refractivity contribution < 1.29 is 0 Å². The maximum Gasteiger partial charge on any atom is 0.0647 e. The summed E-state index contributed by atoms with van der Waals surface area (Å²) in [5.41, 5.74) is 1.34. The molecule has 0 heterocycles. The molecule has 0 unspecified atom stereocenters. The van der Waals surface area contributed by atoms with Gasteiger partial charge in [-0.15, -0.1) is 0 Å². The molecule has 0 amide bonds. The second-order valence-electron chi connectivity index (χ2n) is 5.11. The number of hydrogen-bond acceptors (Lipinski definition) is 1. The second-order valence-corrected chi connectivity index (χ2v) is 5.11. The Hall–Kier alpha value is -2.15. The van der Waals surface area contributed by atoms with Gasteiger partial charge >= 0.3 is 0 Å². The average Bonchev–Trinajstić information content (AvgIpc) is 2.50. The maximum atomic E-state index is 4.61. The highest BCUT2D eigenvalue weighted by molar-refractivity contribution is 6.02. The highest BCUT2D eigenvalue weighted by Gasteiger charge is 2.05. The van der Waals surface area contributed by atoms with Crippen molar-refractivity contribution >= 4 is 27.8 Å². The first-order valence-corrected chi connectivity index (χ1v) is 7.28. The van der Waals surface area contributed by atoms with Crippen molar-refractivity contribution in [3.8, 4) is 0 Å². The molecule has 0 saturated heterocycles. The molecule has 1 nitrogen and oxygen atoms in total. The Morgan fingerprint density at radius 3 is 2.10 bits per heavy atom. The van der Waals surface area contributed by atoms with Crippen molar-refractivity contribution in [1.82, 2.24) is 0 Å². The molecule has 0 aliphatic heterocycles. The summed E-state index contributed by atoms with van der Waals surface area (Å²) < 4.78 is 0. The number of benzene rings is 3. The lowest BCUT2D eigenvalue weighted by molar-refractivity contribution is 0.989. The summed E-state index contributed by atoms with van der Waals surface area (Å²) in [6.45, 7) is 2.95. The summed E-state index contributed by atoms with van der Waals surface area (Å²) in [7, 11) is 0. The molecule has 0 atom stereocenters. The Bertz CT molecular complexity index is 702. The highest BCUT2D eigenvalue weighted by Crippen LogP contribution is 2.28. The van der Waals surface area contributed by atoms with Gasteiger partial charge in [0.05, 0.1) is 6.54 Å². The molecular formula is C19H19N. The van der Waals surface area contributed by atoms with Gasteiger partial charge in [-0.25, -0.2) is 0 Å². The Labute approximate surface area is 120 Å². The lowest BCUT2D eigenvalue weighted by atomic mass is 9.97. The minimum absolute atomic E-state index is 0.766. The number of hydrogen-bond donors (Lipinski definition) is 0. The molecule has 3 aromatic carbocycles. The number of aliphatic imine (C=N–C) groups is 1. The molecular weight excluding hydrogens is 242 g/mol. The Balaban J connectivity index is 2.17. The van der Waals surface area contributed by atoms with Crippen LogP contribution < -0.4 is 0 Å². The predicted octanol–water partition coefficient (Wildman–Crippen LogP) is 5.36.